The molecule has 1 aliphatic rings. The molecule has 0 aromatic carbocycles. The highest BCUT2D eigenvalue weighted by Gasteiger charge is 2.27. The summed E-state index contributed by atoms with van der Waals surface area (Å²) in [6.45, 7) is 8.33. The zero-order chi connectivity index (χ0) is 19.4. The number of hydrogen-bond donors (Lipinski definition) is 1. The fourth-order valence-corrected chi connectivity index (χ4v) is 3.49. The average Bonchev–Trinajstić information content (AvgIpc) is 2.93. The molecular formula is C20H29N5O2. The number of hydrogen-bond acceptors (Lipinski definition) is 5. The minimum Gasteiger partial charge on any atom is -0.477 e. The van der Waals surface area contributed by atoms with Crippen molar-refractivity contribution in [3.8, 4) is 5.88 Å². The quantitative estimate of drug-likeness (QED) is 0.845. The Bertz CT molecular complexity index is 766. The van der Waals surface area contributed by atoms with Crippen LogP contribution in [0.2, 0.25) is 0 Å². The number of rotatable bonds is 6. The molecule has 7 nitrogen and oxygen atoms in total. The molecule has 3 rings (SSSR count). The van der Waals surface area contributed by atoms with Gasteiger partial charge < -0.3 is 10.1 Å². The van der Waals surface area contributed by atoms with Crippen LogP contribution in [0.15, 0.2) is 24.4 Å². The highest BCUT2D eigenvalue weighted by Crippen LogP contribution is 2.22. The van der Waals surface area contributed by atoms with Crippen molar-refractivity contribution in [2.24, 2.45) is 13.0 Å². The third-order valence-electron chi connectivity index (χ3n) is 5.44. The van der Waals surface area contributed by atoms with E-state index >= 15 is 0 Å². The van der Waals surface area contributed by atoms with Crippen molar-refractivity contribution >= 4 is 11.6 Å². The molecule has 7 heteroatoms. The number of pyridine rings is 1. The number of nitrogens with zero attached hydrogens (tertiary/aromatic N) is 4. The van der Waals surface area contributed by atoms with Gasteiger partial charge in [-0.1, -0.05) is 6.07 Å². The van der Waals surface area contributed by atoms with Crippen molar-refractivity contribution in [1.82, 2.24) is 19.7 Å². The molecular weight excluding hydrogens is 342 g/mol. The minimum atomic E-state index is -0.165. The van der Waals surface area contributed by atoms with Gasteiger partial charge in [0.1, 0.15) is 0 Å². The van der Waals surface area contributed by atoms with Gasteiger partial charge in [-0.15, -0.1) is 0 Å². The zero-order valence-corrected chi connectivity index (χ0v) is 16.6. The first-order chi connectivity index (χ1) is 13.0. The summed E-state index contributed by atoms with van der Waals surface area (Å²) in [6, 6.07) is 5.52. The number of amides is 1. The van der Waals surface area contributed by atoms with E-state index in [4.69, 9.17) is 4.74 Å². The van der Waals surface area contributed by atoms with Gasteiger partial charge >= 0.3 is 0 Å². The molecule has 2 aromatic rings. The molecule has 2 aromatic heterocycles. The van der Waals surface area contributed by atoms with Crippen molar-refractivity contribution in [3.05, 3.63) is 35.8 Å². The van der Waals surface area contributed by atoms with E-state index in [1.165, 1.54) is 0 Å². The topological polar surface area (TPSA) is 72.3 Å². The van der Waals surface area contributed by atoms with Crippen molar-refractivity contribution in [2.75, 3.05) is 25.0 Å². The van der Waals surface area contributed by atoms with Crippen molar-refractivity contribution in [3.63, 3.8) is 0 Å². The number of nitrogens with one attached hydrogen (secondary N) is 1. The Morgan fingerprint density at radius 3 is 2.67 bits per heavy atom. The Kier molecular flexibility index (Phi) is 6.11. The number of carbonyl (C=O) groups is 1. The maximum atomic E-state index is 12.7. The summed E-state index contributed by atoms with van der Waals surface area (Å²) < 4.78 is 7.57. The standard InChI is InChI=1S/C20H29N5O2/c1-14-19(15(2)24(4)23-14)22-20(26)16(3)25-11-8-17(9-12-25)13-27-18-7-5-6-10-21-18/h5-7,10,16-17H,8-9,11-13H2,1-4H3,(H,22,26)/t16-/m0/s1. The van der Waals surface area contributed by atoms with Crippen LogP contribution < -0.4 is 10.1 Å². The molecule has 0 unspecified atom stereocenters. The SMILES string of the molecule is Cc1nn(C)c(C)c1NC(=O)[C@H](C)N1CCC(COc2ccccn2)CC1. The lowest BCUT2D eigenvalue weighted by Crippen LogP contribution is -2.46. The lowest BCUT2D eigenvalue weighted by molar-refractivity contribution is -0.121. The second-order valence-electron chi connectivity index (χ2n) is 7.29. The molecule has 3 heterocycles. The van der Waals surface area contributed by atoms with E-state index in [1.54, 1.807) is 10.9 Å². The van der Waals surface area contributed by atoms with Gasteiger partial charge in [0, 0.05) is 19.3 Å². The molecule has 1 fully saturated rings. The van der Waals surface area contributed by atoms with Crippen LogP contribution in [0.1, 0.15) is 31.2 Å². The van der Waals surface area contributed by atoms with Crippen LogP contribution in [0.4, 0.5) is 5.69 Å². The number of ether oxygens (including phenoxy) is 1. The van der Waals surface area contributed by atoms with Gasteiger partial charge in [-0.3, -0.25) is 14.4 Å². The van der Waals surface area contributed by atoms with E-state index in [-0.39, 0.29) is 11.9 Å². The van der Waals surface area contributed by atoms with Gasteiger partial charge in [0.05, 0.1) is 29.7 Å². The van der Waals surface area contributed by atoms with Gasteiger partial charge in [0.25, 0.3) is 0 Å². The molecule has 1 atom stereocenters. The van der Waals surface area contributed by atoms with Crippen LogP contribution in [0, 0.1) is 19.8 Å². The second kappa shape index (κ2) is 8.52. The van der Waals surface area contributed by atoms with E-state index in [0.29, 0.717) is 18.4 Å². The second-order valence-corrected chi connectivity index (χ2v) is 7.29. The average molecular weight is 371 g/mol. The first kappa shape index (κ1) is 19.4. The van der Waals surface area contributed by atoms with Gasteiger partial charge in [-0.05, 0) is 58.7 Å². The van der Waals surface area contributed by atoms with Crippen LogP contribution >= 0.6 is 0 Å². The highest BCUT2D eigenvalue weighted by atomic mass is 16.5. The van der Waals surface area contributed by atoms with Gasteiger partial charge in [0.2, 0.25) is 11.8 Å². The maximum Gasteiger partial charge on any atom is 0.241 e. The first-order valence-corrected chi connectivity index (χ1v) is 9.54. The number of aryl methyl sites for hydroxylation is 2. The summed E-state index contributed by atoms with van der Waals surface area (Å²) in [4.78, 5) is 19.1. The van der Waals surface area contributed by atoms with Crippen molar-refractivity contribution in [1.29, 1.82) is 0 Å². The Labute approximate surface area is 160 Å². The van der Waals surface area contributed by atoms with Crippen LogP contribution in [0.3, 0.4) is 0 Å². The summed E-state index contributed by atoms with van der Waals surface area (Å²) in [5, 5.41) is 7.42. The summed E-state index contributed by atoms with van der Waals surface area (Å²) in [5.74, 6) is 1.20. The molecule has 1 amide bonds. The third kappa shape index (κ3) is 4.66. The zero-order valence-electron chi connectivity index (χ0n) is 16.6. The molecule has 146 valence electrons. The van der Waals surface area contributed by atoms with E-state index in [0.717, 1.165) is 43.0 Å². The molecule has 0 spiro atoms. The van der Waals surface area contributed by atoms with Gasteiger partial charge in [0.15, 0.2) is 0 Å². The summed E-state index contributed by atoms with van der Waals surface area (Å²) in [7, 11) is 1.89. The highest BCUT2D eigenvalue weighted by molar-refractivity contribution is 5.95. The lowest BCUT2D eigenvalue weighted by atomic mass is 9.96. The number of likely N-dealkylation sites (tertiary alicyclic amines) is 1. The smallest absolute Gasteiger partial charge is 0.241 e. The number of aromatic nitrogens is 3. The van der Waals surface area contributed by atoms with Crippen molar-refractivity contribution in [2.45, 2.75) is 39.7 Å². The first-order valence-electron chi connectivity index (χ1n) is 9.54. The Hall–Kier alpha value is -2.41. The summed E-state index contributed by atoms with van der Waals surface area (Å²) in [5.41, 5.74) is 2.65. The number of piperidine rings is 1. The summed E-state index contributed by atoms with van der Waals surface area (Å²) >= 11 is 0. The van der Waals surface area contributed by atoms with Crippen LogP contribution in [0.25, 0.3) is 0 Å². The van der Waals surface area contributed by atoms with Gasteiger partial charge in [-0.2, -0.15) is 5.10 Å². The fourth-order valence-electron chi connectivity index (χ4n) is 3.49. The number of carbonyl (C=O) groups excluding carboxylic acids is 1. The summed E-state index contributed by atoms with van der Waals surface area (Å²) in [6.07, 6.45) is 3.79. The Balaban J connectivity index is 1.47. The minimum absolute atomic E-state index is 0.0254. The molecule has 0 saturated carbocycles. The molecule has 1 aliphatic heterocycles. The largest absolute Gasteiger partial charge is 0.477 e. The molecule has 0 radical (unpaired) electrons. The van der Waals surface area contributed by atoms with E-state index in [1.807, 2.05) is 46.0 Å². The third-order valence-corrected chi connectivity index (χ3v) is 5.44. The van der Waals surface area contributed by atoms with Gasteiger partial charge in [-0.25, -0.2) is 4.98 Å². The molecule has 0 aliphatic carbocycles. The van der Waals surface area contributed by atoms with E-state index < -0.39 is 0 Å². The fraction of sp³-hybridized carbons (Fsp3) is 0.550. The molecule has 0 bridgehead atoms. The Morgan fingerprint density at radius 1 is 1.33 bits per heavy atom. The molecule has 1 saturated heterocycles. The van der Waals surface area contributed by atoms with E-state index in [2.05, 4.69) is 20.3 Å². The lowest BCUT2D eigenvalue weighted by Gasteiger charge is -2.35. The predicted octanol–water partition coefficient (Wildman–Crippen LogP) is 2.55. The maximum absolute atomic E-state index is 12.7. The van der Waals surface area contributed by atoms with Crippen LogP contribution in [-0.4, -0.2) is 51.3 Å². The predicted molar refractivity (Wildman–Crippen MR) is 105 cm³/mol. The van der Waals surface area contributed by atoms with E-state index in [9.17, 15) is 4.79 Å². The number of anilines is 1. The Morgan fingerprint density at radius 2 is 2.07 bits per heavy atom. The molecule has 27 heavy (non-hydrogen) atoms. The monoisotopic (exact) mass is 371 g/mol. The van der Waals surface area contributed by atoms with Crippen molar-refractivity contribution < 1.29 is 9.53 Å². The van der Waals surface area contributed by atoms with Crippen LogP contribution in [-0.2, 0) is 11.8 Å². The molecule has 1 N–H and O–H groups in total. The van der Waals surface area contributed by atoms with Crippen LogP contribution in [0.5, 0.6) is 5.88 Å². The normalized spacial score (nSPS) is 16.9.